The Kier molecular flexibility index (Phi) is 4.18. The van der Waals surface area contributed by atoms with E-state index in [1.807, 2.05) is 31.2 Å². The number of amides is 3. The van der Waals surface area contributed by atoms with Crippen molar-refractivity contribution < 1.29 is 19.1 Å². The van der Waals surface area contributed by atoms with Crippen molar-refractivity contribution in [3.05, 3.63) is 65.2 Å². The molecule has 1 aliphatic carbocycles. The second kappa shape index (κ2) is 6.54. The fourth-order valence-electron chi connectivity index (χ4n) is 3.87. The third kappa shape index (κ3) is 2.77. The number of nitrogens with zero attached hydrogens (tertiary/aromatic N) is 1. The van der Waals surface area contributed by atoms with Crippen LogP contribution in [0.4, 0.5) is 4.79 Å². The minimum absolute atomic E-state index is 0.275. The Hall–Kier alpha value is -3.15. The van der Waals surface area contributed by atoms with E-state index in [-0.39, 0.29) is 18.2 Å². The number of ketones is 1. The number of hydrogen-bond donors (Lipinski definition) is 1. The topological polar surface area (TPSA) is 75.7 Å². The van der Waals surface area contributed by atoms with Gasteiger partial charge in [-0.25, -0.2) is 4.79 Å². The molecule has 3 amide bonds. The lowest BCUT2D eigenvalue weighted by atomic mass is 9.92. The molecule has 1 unspecified atom stereocenters. The Morgan fingerprint density at radius 1 is 1.15 bits per heavy atom. The van der Waals surface area contributed by atoms with Gasteiger partial charge in [-0.2, -0.15) is 0 Å². The van der Waals surface area contributed by atoms with E-state index in [4.69, 9.17) is 4.74 Å². The lowest BCUT2D eigenvalue weighted by Crippen LogP contribution is -2.42. The molecule has 1 heterocycles. The van der Waals surface area contributed by atoms with Gasteiger partial charge >= 0.3 is 6.03 Å². The first-order chi connectivity index (χ1) is 13.0. The Morgan fingerprint density at radius 3 is 2.63 bits per heavy atom. The van der Waals surface area contributed by atoms with Gasteiger partial charge in [-0.05, 0) is 55.2 Å². The predicted octanol–water partition coefficient (Wildman–Crippen LogP) is 2.66. The highest BCUT2D eigenvalue weighted by Crippen LogP contribution is 2.41. The zero-order chi connectivity index (χ0) is 19.0. The standard InChI is InChI=1S/C21H20N2O4/c1-2-27-16-9-7-15(8-10-16)18(24)13-23-19(25)21(22-20(23)26)12-11-14-5-3-4-6-17(14)21/h3-10H,2,11-13H2,1H3,(H,22,26). The molecular weight excluding hydrogens is 344 g/mol. The summed E-state index contributed by atoms with van der Waals surface area (Å²) in [6.45, 7) is 2.15. The monoisotopic (exact) mass is 364 g/mol. The van der Waals surface area contributed by atoms with Gasteiger partial charge in [-0.3, -0.25) is 14.5 Å². The van der Waals surface area contributed by atoms with E-state index in [1.165, 1.54) is 0 Å². The van der Waals surface area contributed by atoms with E-state index in [0.29, 0.717) is 24.3 Å². The van der Waals surface area contributed by atoms with Crippen molar-refractivity contribution in [3.8, 4) is 5.75 Å². The number of fused-ring (bicyclic) bond motifs is 2. The number of aryl methyl sites for hydroxylation is 1. The van der Waals surface area contributed by atoms with Crippen LogP contribution in [0.1, 0.15) is 34.8 Å². The van der Waals surface area contributed by atoms with Crippen LogP contribution < -0.4 is 10.1 Å². The molecule has 27 heavy (non-hydrogen) atoms. The van der Waals surface area contributed by atoms with Crippen LogP contribution >= 0.6 is 0 Å². The Bertz CT molecular complexity index is 922. The van der Waals surface area contributed by atoms with Crippen LogP contribution in [0.25, 0.3) is 0 Å². The number of hydrogen-bond acceptors (Lipinski definition) is 4. The van der Waals surface area contributed by atoms with Crippen molar-refractivity contribution >= 4 is 17.7 Å². The summed E-state index contributed by atoms with van der Waals surface area (Å²) in [6, 6.07) is 13.8. The average Bonchev–Trinajstić information content (AvgIpc) is 3.16. The van der Waals surface area contributed by atoms with E-state index in [9.17, 15) is 14.4 Å². The number of Topliss-reactive ketones (excluding diaryl/α,β-unsaturated/α-hetero) is 1. The maximum atomic E-state index is 13.1. The fraction of sp³-hybridized carbons (Fsp3) is 0.286. The third-order valence-corrected chi connectivity index (χ3v) is 5.21. The van der Waals surface area contributed by atoms with Crippen LogP contribution in [0.15, 0.2) is 48.5 Å². The number of nitrogens with one attached hydrogen (secondary N) is 1. The number of carbonyl (C=O) groups excluding carboxylic acids is 3. The van der Waals surface area contributed by atoms with Gasteiger partial charge in [0.15, 0.2) is 5.78 Å². The highest BCUT2D eigenvalue weighted by atomic mass is 16.5. The van der Waals surface area contributed by atoms with Crippen molar-refractivity contribution in [2.24, 2.45) is 0 Å². The summed E-state index contributed by atoms with van der Waals surface area (Å²) in [6.07, 6.45) is 1.24. The van der Waals surface area contributed by atoms with Crippen molar-refractivity contribution in [2.45, 2.75) is 25.3 Å². The van der Waals surface area contributed by atoms with Crippen molar-refractivity contribution in [1.29, 1.82) is 0 Å². The summed E-state index contributed by atoms with van der Waals surface area (Å²) >= 11 is 0. The number of rotatable bonds is 5. The molecular formula is C21H20N2O4. The molecule has 4 rings (SSSR count). The Morgan fingerprint density at radius 2 is 1.89 bits per heavy atom. The van der Waals surface area contributed by atoms with Gasteiger partial charge in [0.2, 0.25) is 0 Å². The molecule has 1 atom stereocenters. The molecule has 1 saturated heterocycles. The molecule has 1 N–H and O–H groups in total. The molecule has 1 spiro atoms. The van der Waals surface area contributed by atoms with Crippen LogP contribution in [0.5, 0.6) is 5.75 Å². The Balaban J connectivity index is 1.54. The van der Waals surface area contributed by atoms with Crippen LogP contribution in [0.2, 0.25) is 0 Å². The minimum Gasteiger partial charge on any atom is -0.494 e. The summed E-state index contributed by atoms with van der Waals surface area (Å²) in [4.78, 5) is 39.2. The van der Waals surface area contributed by atoms with E-state index >= 15 is 0 Å². The molecule has 1 fully saturated rings. The first kappa shape index (κ1) is 17.3. The summed E-state index contributed by atoms with van der Waals surface area (Å²) in [5.74, 6) is 0.0344. The van der Waals surface area contributed by atoms with Gasteiger partial charge in [0.05, 0.1) is 13.2 Å². The molecule has 0 bridgehead atoms. The summed E-state index contributed by atoms with van der Waals surface area (Å²) in [7, 11) is 0. The van der Waals surface area contributed by atoms with Crippen LogP contribution in [0.3, 0.4) is 0 Å². The van der Waals surface area contributed by atoms with Gasteiger partial charge in [0, 0.05) is 5.56 Å². The molecule has 0 aromatic heterocycles. The molecule has 0 radical (unpaired) electrons. The predicted molar refractivity (Wildman–Crippen MR) is 98.6 cm³/mol. The van der Waals surface area contributed by atoms with E-state index in [2.05, 4.69) is 5.32 Å². The van der Waals surface area contributed by atoms with E-state index in [1.54, 1.807) is 24.3 Å². The van der Waals surface area contributed by atoms with Gasteiger partial charge in [0.1, 0.15) is 11.3 Å². The third-order valence-electron chi connectivity index (χ3n) is 5.21. The normalized spacial score (nSPS) is 20.7. The lowest BCUT2D eigenvalue weighted by molar-refractivity contribution is -0.131. The maximum Gasteiger partial charge on any atom is 0.325 e. The van der Waals surface area contributed by atoms with Crippen LogP contribution in [-0.4, -0.2) is 35.8 Å². The lowest BCUT2D eigenvalue weighted by Gasteiger charge is -2.22. The first-order valence-electron chi connectivity index (χ1n) is 9.04. The molecule has 2 aliphatic rings. The Labute approximate surface area is 157 Å². The summed E-state index contributed by atoms with van der Waals surface area (Å²) in [5.41, 5.74) is 1.30. The minimum atomic E-state index is -1.03. The van der Waals surface area contributed by atoms with Gasteiger partial charge in [-0.15, -0.1) is 0 Å². The molecule has 6 heteroatoms. The molecule has 2 aromatic carbocycles. The number of benzene rings is 2. The highest BCUT2D eigenvalue weighted by molar-refractivity contribution is 6.11. The van der Waals surface area contributed by atoms with Gasteiger partial charge in [0.25, 0.3) is 5.91 Å². The highest BCUT2D eigenvalue weighted by Gasteiger charge is 2.55. The fourth-order valence-corrected chi connectivity index (χ4v) is 3.87. The second-order valence-corrected chi connectivity index (χ2v) is 6.76. The number of imide groups is 1. The van der Waals surface area contributed by atoms with Crippen LogP contribution in [-0.2, 0) is 16.8 Å². The number of ether oxygens (including phenoxy) is 1. The number of urea groups is 1. The summed E-state index contributed by atoms with van der Waals surface area (Å²) in [5, 5.41) is 2.83. The zero-order valence-corrected chi connectivity index (χ0v) is 15.0. The maximum absolute atomic E-state index is 13.1. The summed E-state index contributed by atoms with van der Waals surface area (Å²) < 4.78 is 5.36. The SMILES string of the molecule is CCOc1ccc(C(=O)CN2C(=O)NC3(CCc4ccccc43)C2=O)cc1. The quantitative estimate of drug-likeness (QED) is 0.654. The molecule has 0 saturated carbocycles. The van der Waals surface area contributed by atoms with Crippen LogP contribution in [0, 0.1) is 0 Å². The molecule has 138 valence electrons. The van der Waals surface area contributed by atoms with Gasteiger partial charge < -0.3 is 10.1 Å². The van der Waals surface area contributed by atoms with Crippen molar-refractivity contribution in [3.63, 3.8) is 0 Å². The van der Waals surface area contributed by atoms with Crippen molar-refractivity contribution in [1.82, 2.24) is 10.2 Å². The van der Waals surface area contributed by atoms with Gasteiger partial charge in [-0.1, -0.05) is 24.3 Å². The number of carbonyl (C=O) groups is 3. The van der Waals surface area contributed by atoms with E-state index in [0.717, 1.165) is 22.4 Å². The molecule has 2 aromatic rings. The average molecular weight is 364 g/mol. The second-order valence-electron chi connectivity index (χ2n) is 6.76. The molecule has 6 nitrogen and oxygen atoms in total. The smallest absolute Gasteiger partial charge is 0.325 e. The largest absolute Gasteiger partial charge is 0.494 e. The van der Waals surface area contributed by atoms with E-state index < -0.39 is 11.6 Å². The zero-order valence-electron chi connectivity index (χ0n) is 15.0. The molecule has 1 aliphatic heterocycles. The first-order valence-corrected chi connectivity index (χ1v) is 9.04. The van der Waals surface area contributed by atoms with Crippen molar-refractivity contribution in [2.75, 3.05) is 13.2 Å².